The Hall–Kier alpha value is -1.09. The third kappa shape index (κ3) is 3.45. The highest BCUT2D eigenvalue weighted by atomic mass is 19.1. The molecule has 0 unspecified atom stereocenters. The van der Waals surface area contributed by atoms with Gasteiger partial charge in [-0.3, -0.25) is 0 Å². The molecule has 0 heterocycles. The van der Waals surface area contributed by atoms with E-state index in [-0.39, 0.29) is 5.82 Å². The standard InChI is InChI=1S/C15H22FNO/c1-12-6-7-13(16)14(10-12)17-11-15(18)8-4-2-3-5-9-15/h6-7,10,17-18H,2-5,8-9,11H2,1H3. The highest BCUT2D eigenvalue weighted by molar-refractivity contribution is 5.47. The van der Waals surface area contributed by atoms with Crippen LogP contribution in [0.1, 0.15) is 44.1 Å². The molecule has 18 heavy (non-hydrogen) atoms. The molecule has 100 valence electrons. The summed E-state index contributed by atoms with van der Waals surface area (Å²) in [6.07, 6.45) is 6.14. The van der Waals surface area contributed by atoms with Gasteiger partial charge in [0.25, 0.3) is 0 Å². The van der Waals surface area contributed by atoms with Crippen LogP contribution in [-0.2, 0) is 0 Å². The molecule has 1 fully saturated rings. The van der Waals surface area contributed by atoms with E-state index in [4.69, 9.17) is 0 Å². The Morgan fingerprint density at radius 2 is 1.89 bits per heavy atom. The first kappa shape index (κ1) is 13.3. The summed E-state index contributed by atoms with van der Waals surface area (Å²) in [6, 6.07) is 5.01. The molecule has 0 atom stereocenters. The molecule has 2 rings (SSSR count). The van der Waals surface area contributed by atoms with Crippen LogP contribution in [0.15, 0.2) is 18.2 Å². The van der Waals surface area contributed by atoms with E-state index >= 15 is 0 Å². The molecule has 0 radical (unpaired) electrons. The van der Waals surface area contributed by atoms with Gasteiger partial charge in [0.1, 0.15) is 5.82 Å². The van der Waals surface area contributed by atoms with Crippen LogP contribution in [0.25, 0.3) is 0 Å². The summed E-state index contributed by atoms with van der Waals surface area (Å²) in [4.78, 5) is 0. The number of hydrogen-bond acceptors (Lipinski definition) is 2. The molecule has 0 aromatic heterocycles. The summed E-state index contributed by atoms with van der Waals surface area (Å²) in [5, 5.41) is 13.6. The van der Waals surface area contributed by atoms with E-state index in [0.717, 1.165) is 31.2 Å². The average molecular weight is 251 g/mol. The van der Waals surface area contributed by atoms with Gasteiger partial charge in [-0.15, -0.1) is 0 Å². The number of benzene rings is 1. The largest absolute Gasteiger partial charge is 0.388 e. The molecule has 3 heteroatoms. The van der Waals surface area contributed by atoms with Gasteiger partial charge in [0.2, 0.25) is 0 Å². The van der Waals surface area contributed by atoms with Crippen molar-refractivity contribution in [1.29, 1.82) is 0 Å². The van der Waals surface area contributed by atoms with Crippen LogP contribution in [0.4, 0.5) is 10.1 Å². The molecule has 1 aliphatic carbocycles. The summed E-state index contributed by atoms with van der Waals surface area (Å²) >= 11 is 0. The average Bonchev–Trinajstić information content (AvgIpc) is 2.56. The van der Waals surface area contributed by atoms with Gasteiger partial charge in [-0.1, -0.05) is 31.7 Å². The summed E-state index contributed by atoms with van der Waals surface area (Å²) in [5.41, 5.74) is 0.839. The van der Waals surface area contributed by atoms with E-state index in [1.54, 1.807) is 12.1 Å². The fourth-order valence-electron chi connectivity index (χ4n) is 2.60. The lowest BCUT2D eigenvalue weighted by Gasteiger charge is -2.27. The second kappa shape index (κ2) is 5.70. The maximum Gasteiger partial charge on any atom is 0.146 e. The third-order valence-electron chi connectivity index (χ3n) is 3.76. The number of aryl methyl sites for hydroxylation is 1. The van der Waals surface area contributed by atoms with E-state index in [1.165, 1.54) is 18.9 Å². The van der Waals surface area contributed by atoms with Crippen molar-refractivity contribution in [3.8, 4) is 0 Å². The van der Waals surface area contributed by atoms with Crippen LogP contribution in [0.5, 0.6) is 0 Å². The Morgan fingerprint density at radius 3 is 2.56 bits per heavy atom. The van der Waals surface area contributed by atoms with Crippen molar-refractivity contribution in [2.45, 2.75) is 51.0 Å². The Bertz CT molecular complexity index is 397. The molecule has 1 aromatic carbocycles. The highest BCUT2D eigenvalue weighted by Gasteiger charge is 2.27. The van der Waals surface area contributed by atoms with Gasteiger partial charge in [0, 0.05) is 6.54 Å². The van der Waals surface area contributed by atoms with Gasteiger partial charge in [-0.25, -0.2) is 4.39 Å². The van der Waals surface area contributed by atoms with Crippen LogP contribution < -0.4 is 5.32 Å². The molecular weight excluding hydrogens is 229 g/mol. The number of aliphatic hydroxyl groups is 1. The minimum Gasteiger partial charge on any atom is -0.388 e. The molecule has 0 bridgehead atoms. The minimum absolute atomic E-state index is 0.252. The topological polar surface area (TPSA) is 32.3 Å². The number of anilines is 1. The second-order valence-electron chi connectivity index (χ2n) is 5.48. The number of hydrogen-bond donors (Lipinski definition) is 2. The summed E-state index contributed by atoms with van der Waals surface area (Å²) in [5.74, 6) is -0.252. The van der Waals surface area contributed by atoms with Crippen molar-refractivity contribution in [1.82, 2.24) is 0 Å². The first-order valence-corrected chi connectivity index (χ1v) is 6.81. The first-order chi connectivity index (χ1) is 8.59. The van der Waals surface area contributed by atoms with Gasteiger partial charge < -0.3 is 10.4 Å². The quantitative estimate of drug-likeness (QED) is 0.804. The zero-order valence-electron chi connectivity index (χ0n) is 11.0. The summed E-state index contributed by atoms with van der Waals surface area (Å²) < 4.78 is 13.6. The van der Waals surface area contributed by atoms with Crippen LogP contribution >= 0.6 is 0 Å². The number of nitrogens with one attached hydrogen (secondary N) is 1. The first-order valence-electron chi connectivity index (χ1n) is 6.81. The van der Waals surface area contributed by atoms with Crippen molar-refractivity contribution < 1.29 is 9.50 Å². The molecule has 0 spiro atoms. The van der Waals surface area contributed by atoms with Crippen molar-refractivity contribution in [2.75, 3.05) is 11.9 Å². The fourth-order valence-corrected chi connectivity index (χ4v) is 2.60. The Kier molecular flexibility index (Phi) is 4.23. The highest BCUT2D eigenvalue weighted by Crippen LogP contribution is 2.27. The Balaban J connectivity index is 1.99. The maximum absolute atomic E-state index is 13.6. The monoisotopic (exact) mass is 251 g/mol. The van der Waals surface area contributed by atoms with E-state index in [9.17, 15) is 9.50 Å². The van der Waals surface area contributed by atoms with Crippen LogP contribution in [0, 0.1) is 12.7 Å². The molecule has 0 amide bonds. The normalized spacial score (nSPS) is 19.3. The number of rotatable bonds is 3. The second-order valence-corrected chi connectivity index (χ2v) is 5.48. The van der Waals surface area contributed by atoms with Gasteiger partial charge in [0.15, 0.2) is 0 Å². The number of halogens is 1. The molecule has 1 saturated carbocycles. The van der Waals surface area contributed by atoms with Gasteiger partial charge in [0.05, 0.1) is 11.3 Å². The molecule has 2 N–H and O–H groups in total. The zero-order valence-corrected chi connectivity index (χ0v) is 11.0. The van der Waals surface area contributed by atoms with Crippen molar-refractivity contribution in [3.63, 3.8) is 0 Å². The minimum atomic E-state index is -0.674. The van der Waals surface area contributed by atoms with Crippen molar-refractivity contribution >= 4 is 5.69 Å². The lowest BCUT2D eigenvalue weighted by atomic mass is 9.94. The van der Waals surface area contributed by atoms with Crippen molar-refractivity contribution in [2.24, 2.45) is 0 Å². The van der Waals surface area contributed by atoms with Gasteiger partial charge in [-0.2, -0.15) is 0 Å². The fraction of sp³-hybridized carbons (Fsp3) is 0.600. The Labute approximate surface area is 108 Å². The third-order valence-corrected chi connectivity index (χ3v) is 3.76. The smallest absolute Gasteiger partial charge is 0.146 e. The molecule has 0 saturated heterocycles. The van der Waals surface area contributed by atoms with E-state index < -0.39 is 5.60 Å². The molecule has 2 nitrogen and oxygen atoms in total. The van der Waals surface area contributed by atoms with Crippen LogP contribution in [-0.4, -0.2) is 17.3 Å². The molecular formula is C15H22FNO. The van der Waals surface area contributed by atoms with Crippen LogP contribution in [0.3, 0.4) is 0 Å². The predicted molar refractivity (Wildman–Crippen MR) is 72.3 cm³/mol. The summed E-state index contributed by atoms with van der Waals surface area (Å²) in [7, 11) is 0. The Morgan fingerprint density at radius 1 is 1.22 bits per heavy atom. The lowest BCUT2D eigenvalue weighted by Crippen LogP contribution is -2.36. The van der Waals surface area contributed by atoms with E-state index in [1.807, 2.05) is 6.92 Å². The van der Waals surface area contributed by atoms with E-state index in [2.05, 4.69) is 5.32 Å². The lowest BCUT2D eigenvalue weighted by molar-refractivity contribution is 0.0381. The van der Waals surface area contributed by atoms with Gasteiger partial charge in [-0.05, 0) is 37.5 Å². The van der Waals surface area contributed by atoms with Gasteiger partial charge >= 0.3 is 0 Å². The SMILES string of the molecule is Cc1ccc(F)c(NCC2(O)CCCCCC2)c1. The van der Waals surface area contributed by atoms with Crippen LogP contribution in [0.2, 0.25) is 0 Å². The van der Waals surface area contributed by atoms with E-state index in [0.29, 0.717) is 12.2 Å². The summed E-state index contributed by atoms with van der Waals surface area (Å²) in [6.45, 7) is 2.37. The maximum atomic E-state index is 13.6. The molecule has 1 aliphatic rings. The molecule has 0 aliphatic heterocycles. The molecule has 1 aromatic rings. The van der Waals surface area contributed by atoms with Crippen molar-refractivity contribution in [3.05, 3.63) is 29.6 Å². The zero-order chi connectivity index (χ0) is 13.0. The predicted octanol–water partition coefficient (Wildman–Crippen LogP) is 3.63.